The van der Waals surface area contributed by atoms with Crippen LogP contribution in [0.25, 0.3) is 22.9 Å². The van der Waals surface area contributed by atoms with E-state index in [1.807, 2.05) is 12.1 Å². The molecule has 2 aromatic heterocycles. The van der Waals surface area contributed by atoms with Crippen LogP contribution in [0, 0.1) is 0 Å². The molecule has 0 saturated carbocycles. The van der Waals surface area contributed by atoms with E-state index in [0.717, 1.165) is 0 Å². The van der Waals surface area contributed by atoms with Crippen molar-refractivity contribution in [2.75, 3.05) is 0 Å². The highest BCUT2D eigenvalue weighted by Crippen LogP contribution is 2.50. The fourth-order valence-electron chi connectivity index (χ4n) is 3.04. The van der Waals surface area contributed by atoms with Gasteiger partial charge in [-0.05, 0) is 42.5 Å². The van der Waals surface area contributed by atoms with Crippen molar-refractivity contribution in [1.82, 2.24) is 9.97 Å². The Kier molecular flexibility index (Phi) is 5.66. The molecule has 0 aliphatic rings. The molecule has 8 nitrogen and oxygen atoms in total. The van der Waals surface area contributed by atoms with E-state index >= 15 is 0 Å². The van der Waals surface area contributed by atoms with Crippen molar-refractivity contribution in [3.8, 4) is 40.2 Å². The number of aromatic nitrogens is 2. The number of hydrogen-bond acceptors (Lipinski definition) is 8. The minimum atomic E-state index is -4.18. The van der Waals surface area contributed by atoms with Crippen molar-refractivity contribution in [3.63, 3.8) is 0 Å². The monoisotopic (exact) mass is 460 g/mol. The van der Waals surface area contributed by atoms with Gasteiger partial charge in [0.15, 0.2) is 0 Å². The fraction of sp³-hybridized carbons (Fsp3) is 0. The first-order valence-corrected chi connectivity index (χ1v) is 11.4. The number of oxazole rings is 2. The predicted octanol–water partition coefficient (Wildman–Crippen LogP) is 6.64. The van der Waals surface area contributed by atoms with E-state index in [9.17, 15) is 4.57 Å². The summed E-state index contributed by atoms with van der Waals surface area (Å²) in [6, 6.07) is 22.3. The molecule has 0 bridgehead atoms. The van der Waals surface area contributed by atoms with Crippen LogP contribution >= 0.6 is 7.82 Å². The van der Waals surface area contributed by atoms with Crippen LogP contribution in [0.15, 0.2) is 113 Å². The molecule has 0 radical (unpaired) electrons. The number of nitrogens with zero attached hydrogens (tertiary/aromatic N) is 2. The SMILES string of the molecule is O=P(Oc1ccccc1)(Oc1ccccc1)Oc1cc(-c2ncco2)cc(-c2ncco2)c1. The predicted molar refractivity (Wildman–Crippen MR) is 120 cm³/mol. The number of para-hydroxylation sites is 2. The summed E-state index contributed by atoms with van der Waals surface area (Å²) in [4.78, 5) is 8.35. The summed E-state index contributed by atoms with van der Waals surface area (Å²) in [5.41, 5.74) is 1.13. The van der Waals surface area contributed by atoms with Gasteiger partial charge in [0, 0.05) is 11.1 Å². The van der Waals surface area contributed by atoms with Gasteiger partial charge >= 0.3 is 7.82 Å². The van der Waals surface area contributed by atoms with Crippen LogP contribution in [0.1, 0.15) is 0 Å². The van der Waals surface area contributed by atoms with Crippen LogP contribution in [0.4, 0.5) is 0 Å². The molecular weight excluding hydrogens is 443 g/mol. The molecule has 0 amide bonds. The van der Waals surface area contributed by atoms with Crippen LogP contribution in [-0.4, -0.2) is 9.97 Å². The smallest absolute Gasteiger partial charge is 0.445 e. The minimum absolute atomic E-state index is 0.189. The van der Waals surface area contributed by atoms with Crippen molar-refractivity contribution >= 4 is 7.82 Å². The molecule has 2 heterocycles. The summed E-state index contributed by atoms with van der Waals surface area (Å²) in [5, 5.41) is 0. The van der Waals surface area contributed by atoms with Crippen LogP contribution in [0.5, 0.6) is 17.2 Å². The van der Waals surface area contributed by atoms with Gasteiger partial charge in [-0.15, -0.1) is 0 Å². The molecule has 164 valence electrons. The zero-order valence-corrected chi connectivity index (χ0v) is 18.0. The Balaban J connectivity index is 1.54. The Bertz CT molecular complexity index is 1260. The maximum atomic E-state index is 13.8. The quantitative estimate of drug-likeness (QED) is 0.238. The first kappa shape index (κ1) is 20.6. The number of benzene rings is 3. The molecule has 0 fully saturated rings. The van der Waals surface area contributed by atoms with Crippen molar-refractivity contribution < 1.29 is 27.0 Å². The lowest BCUT2D eigenvalue weighted by atomic mass is 10.1. The Morgan fingerprint density at radius 1 is 0.606 bits per heavy atom. The van der Waals surface area contributed by atoms with Crippen molar-refractivity contribution in [3.05, 3.63) is 104 Å². The Labute approximate surface area is 189 Å². The molecule has 0 aliphatic carbocycles. The highest BCUT2D eigenvalue weighted by atomic mass is 31.2. The summed E-state index contributed by atoms with van der Waals surface area (Å²) < 4.78 is 41.9. The summed E-state index contributed by atoms with van der Waals surface area (Å²) in [7, 11) is -4.18. The van der Waals surface area contributed by atoms with E-state index in [1.165, 1.54) is 24.9 Å². The van der Waals surface area contributed by atoms with E-state index in [1.54, 1.807) is 66.7 Å². The number of phosphoric acid groups is 1. The van der Waals surface area contributed by atoms with Crippen LogP contribution in [0.2, 0.25) is 0 Å². The van der Waals surface area contributed by atoms with Crippen molar-refractivity contribution in [2.45, 2.75) is 0 Å². The summed E-state index contributed by atoms with van der Waals surface area (Å²) in [6.45, 7) is 0. The Morgan fingerprint density at radius 3 is 1.48 bits per heavy atom. The number of hydrogen-bond donors (Lipinski definition) is 0. The molecular formula is C24H17N2O6P. The molecule has 0 aliphatic heterocycles. The summed E-state index contributed by atoms with van der Waals surface area (Å²) in [6.07, 6.45) is 5.95. The molecule has 0 atom stereocenters. The van der Waals surface area contributed by atoms with Gasteiger partial charge in [-0.2, -0.15) is 4.57 Å². The second-order valence-corrected chi connectivity index (χ2v) is 8.21. The summed E-state index contributed by atoms with van der Waals surface area (Å²) in [5.74, 6) is 1.53. The molecule has 0 N–H and O–H groups in total. The lowest BCUT2D eigenvalue weighted by Crippen LogP contribution is -2.07. The molecule has 0 spiro atoms. The van der Waals surface area contributed by atoms with Crippen molar-refractivity contribution in [2.24, 2.45) is 0 Å². The Morgan fingerprint density at radius 2 is 1.06 bits per heavy atom. The van der Waals surface area contributed by atoms with Crippen LogP contribution in [0.3, 0.4) is 0 Å². The summed E-state index contributed by atoms with van der Waals surface area (Å²) >= 11 is 0. The average Bonchev–Trinajstić information content (AvgIpc) is 3.55. The van der Waals surface area contributed by atoms with Crippen LogP contribution in [-0.2, 0) is 4.57 Å². The largest absolute Gasteiger partial charge is 0.647 e. The van der Waals surface area contributed by atoms with E-state index in [0.29, 0.717) is 34.4 Å². The molecule has 3 aromatic carbocycles. The lowest BCUT2D eigenvalue weighted by Gasteiger charge is -2.20. The number of rotatable bonds is 8. The van der Waals surface area contributed by atoms with Gasteiger partial charge in [-0.1, -0.05) is 36.4 Å². The number of phosphoric ester groups is 1. The highest BCUT2D eigenvalue weighted by molar-refractivity contribution is 7.49. The van der Waals surface area contributed by atoms with Crippen LogP contribution < -0.4 is 13.6 Å². The molecule has 5 rings (SSSR count). The maximum absolute atomic E-state index is 13.8. The van der Waals surface area contributed by atoms with Gasteiger partial charge in [0.1, 0.15) is 29.8 Å². The zero-order chi connectivity index (χ0) is 22.5. The van der Waals surface area contributed by atoms with Gasteiger partial charge in [-0.3, -0.25) is 0 Å². The molecule has 5 aromatic rings. The third-order valence-electron chi connectivity index (χ3n) is 4.40. The highest BCUT2D eigenvalue weighted by Gasteiger charge is 2.33. The topological polar surface area (TPSA) is 96.8 Å². The normalized spacial score (nSPS) is 11.2. The van der Waals surface area contributed by atoms with Gasteiger partial charge in [0.05, 0.1) is 12.4 Å². The second-order valence-electron chi connectivity index (χ2n) is 6.77. The van der Waals surface area contributed by atoms with Gasteiger partial charge in [-0.25, -0.2) is 9.97 Å². The van der Waals surface area contributed by atoms with Gasteiger partial charge in [0.25, 0.3) is 0 Å². The van der Waals surface area contributed by atoms with E-state index in [-0.39, 0.29) is 5.75 Å². The minimum Gasteiger partial charge on any atom is -0.445 e. The van der Waals surface area contributed by atoms with E-state index in [4.69, 9.17) is 22.4 Å². The standard InChI is InChI=1S/C24H17N2O6P/c27-33(30-20-7-3-1-4-8-20,31-21-9-5-2-6-10-21)32-22-16-18(23-25-11-13-28-23)15-19(17-22)24-26-12-14-29-24/h1-17H. The zero-order valence-electron chi connectivity index (χ0n) is 17.1. The lowest BCUT2D eigenvalue weighted by molar-refractivity contribution is 0.298. The average molecular weight is 460 g/mol. The van der Waals surface area contributed by atoms with Crippen molar-refractivity contribution in [1.29, 1.82) is 0 Å². The third kappa shape index (κ3) is 4.97. The van der Waals surface area contributed by atoms with Gasteiger partial charge < -0.3 is 22.4 Å². The molecule has 0 saturated heterocycles. The fourth-order valence-corrected chi connectivity index (χ4v) is 4.27. The first-order valence-electron chi connectivity index (χ1n) is 9.91. The third-order valence-corrected chi connectivity index (χ3v) is 5.71. The molecule has 0 unspecified atom stereocenters. The Hall–Kier alpha value is -4.29. The second kappa shape index (κ2) is 9.06. The van der Waals surface area contributed by atoms with E-state index in [2.05, 4.69) is 9.97 Å². The van der Waals surface area contributed by atoms with Gasteiger partial charge in [0.2, 0.25) is 11.8 Å². The first-order chi connectivity index (χ1) is 16.2. The van der Waals surface area contributed by atoms with E-state index < -0.39 is 7.82 Å². The maximum Gasteiger partial charge on any atom is 0.647 e. The molecule has 33 heavy (non-hydrogen) atoms. The molecule has 9 heteroatoms.